The molecule has 0 saturated carbocycles. The van der Waals surface area contributed by atoms with Crippen LogP contribution >= 0.6 is 0 Å². The Labute approximate surface area is 115 Å². The highest BCUT2D eigenvalue weighted by Crippen LogP contribution is 2.15. The molecule has 0 N–H and O–H groups in total. The van der Waals surface area contributed by atoms with Crippen LogP contribution in [0.4, 0.5) is 0 Å². The molecule has 0 aromatic rings. The topological polar surface area (TPSA) is 23.1 Å². The SMILES string of the molecule is CCCCCCCCCCCCC(C)[N+](C)(C)[O-]. The molecule has 0 saturated heterocycles. The van der Waals surface area contributed by atoms with Crippen LogP contribution in [0.1, 0.15) is 84.5 Å². The van der Waals surface area contributed by atoms with Gasteiger partial charge in [-0.3, -0.25) is 0 Å². The van der Waals surface area contributed by atoms with Crippen molar-refractivity contribution in [1.82, 2.24) is 0 Å². The molecule has 1 atom stereocenters. The molecule has 2 heteroatoms. The average Bonchev–Trinajstić information content (AvgIpc) is 2.30. The molecule has 18 heavy (non-hydrogen) atoms. The Morgan fingerprint density at radius 3 is 1.56 bits per heavy atom. The van der Waals surface area contributed by atoms with Gasteiger partial charge in [0, 0.05) is 0 Å². The van der Waals surface area contributed by atoms with E-state index < -0.39 is 0 Å². The van der Waals surface area contributed by atoms with Gasteiger partial charge in [-0.15, -0.1) is 0 Å². The fraction of sp³-hybridized carbons (Fsp3) is 1.00. The second-order valence-corrected chi connectivity index (χ2v) is 6.25. The van der Waals surface area contributed by atoms with Gasteiger partial charge in [-0.1, -0.05) is 64.7 Å². The van der Waals surface area contributed by atoms with Crippen LogP contribution in [-0.2, 0) is 0 Å². The fourth-order valence-corrected chi connectivity index (χ4v) is 2.24. The minimum atomic E-state index is -0.141. The molecule has 110 valence electrons. The van der Waals surface area contributed by atoms with Gasteiger partial charge in [0.2, 0.25) is 0 Å². The summed E-state index contributed by atoms with van der Waals surface area (Å²) in [5, 5.41) is 11.6. The van der Waals surface area contributed by atoms with Crippen LogP contribution in [0.15, 0.2) is 0 Å². The predicted octanol–water partition coefficient (Wildman–Crippen LogP) is 5.26. The maximum absolute atomic E-state index is 11.6. The predicted molar refractivity (Wildman–Crippen MR) is 81.4 cm³/mol. The Balaban J connectivity index is 3.17. The van der Waals surface area contributed by atoms with Crippen LogP contribution in [0.2, 0.25) is 0 Å². The molecule has 0 fully saturated rings. The molecule has 0 aliphatic heterocycles. The lowest BCUT2D eigenvalue weighted by Gasteiger charge is -2.40. The van der Waals surface area contributed by atoms with Crippen molar-refractivity contribution in [3.63, 3.8) is 0 Å². The lowest BCUT2D eigenvalue weighted by atomic mass is 10.0. The Kier molecular flexibility index (Phi) is 10.8. The van der Waals surface area contributed by atoms with Crippen LogP contribution in [0, 0.1) is 5.21 Å². The van der Waals surface area contributed by atoms with Crippen LogP contribution in [0.5, 0.6) is 0 Å². The molecule has 0 rings (SSSR count). The summed E-state index contributed by atoms with van der Waals surface area (Å²) in [6.45, 7) is 4.34. The third kappa shape index (κ3) is 11.0. The van der Waals surface area contributed by atoms with Gasteiger partial charge in [-0.25, -0.2) is 0 Å². The zero-order valence-electron chi connectivity index (χ0n) is 13.2. The first kappa shape index (κ1) is 17.9. The Morgan fingerprint density at radius 2 is 1.17 bits per heavy atom. The molecule has 0 aliphatic rings. The van der Waals surface area contributed by atoms with Crippen molar-refractivity contribution in [1.29, 1.82) is 0 Å². The van der Waals surface area contributed by atoms with E-state index in [-0.39, 0.29) is 10.7 Å². The molecule has 2 nitrogen and oxygen atoms in total. The highest BCUT2D eigenvalue weighted by atomic mass is 16.5. The fourth-order valence-electron chi connectivity index (χ4n) is 2.24. The molecule has 0 aromatic carbocycles. The van der Waals surface area contributed by atoms with E-state index in [1.54, 1.807) is 14.1 Å². The van der Waals surface area contributed by atoms with Crippen molar-refractivity contribution >= 4 is 0 Å². The van der Waals surface area contributed by atoms with Gasteiger partial charge in [0.25, 0.3) is 0 Å². The lowest BCUT2D eigenvalue weighted by Crippen LogP contribution is -2.41. The summed E-state index contributed by atoms with van der Waals surface area (Å²) in [6.07, 6.45) is 14.8. The van der Waals surface area contributed by atoms with E-state index in [1.165, 1.54) is 64.2 Å². The van der Waals surface area contributed by atoms with Gasteiger partial charge >= 0.3 is 0 Å². The molecule has 0 bridgehead atoms. The van der Waals surface area contributed by atoms with Crippen LogP contribution in [0.25, 0.3) is 0 Å². The zero-order chi connectivity index (χ0) is 13.9. The Hall–Kier alpha value is -0.0800. The summed E-state index contributed by atoms with van der Waals surface area (Å²) in [5.41, 5.74) is 0. The van der Waals surface area contributed by atoms with Crippen molar-refractivity contribution in [3.8, 4) is 0 Å². The van der Waals surface area contributed by atoms with E-state index in [1.807, 2.05) is 0 Å². The third-order valence-electron chi connectivity index (χ3n) is 4.04. The number of hydrogen-bond donors (Lipinski definition) is 0. The standard InChI is InChI=1S/C16H35NO/c1-5-6-7-8-9-10-11-12-13-14-15-16(2)17(3,4)18/h16H,5-15H2,1-4H3. The van der Waals surface area contributed by atoms with E-state index in [0.29, 0.717) is 0 Å². The summed E-state index contributed by atoms with van der Waals surface area (Å²) < 4.78 is -0.141. The first-order chi connectivity index (χ1) is 8.48. The molecule has 0 aliphatic carbocycles. The van der Waals surface area contributed by atoms with Gasteiger partial charge < -0.3 is 9.85 Å². The molecular weight excluding hydrogens is 222 g/mol. The van der Waals surface area contributed by atoms with Crippen molar-refractivity contribution in [2.24, 2.45) is 0 Å². The van der Waals surface area contributed by atoms with Crippen molar-refractivity contribution in [2.75, 3.05) is 14.1 Å². The number of quaternary nitrogens is 1. The van der Waals surface area contributed by atoms with Crippen LogP contribution < -0.4 is 0 Å². The van der Waals surface area contributed by atoms with Gasteiger partial charge in [-0.2, -0.15) is 0 Å². The normalized spacial score (nSPS) is 13.8. The summed E-state index contributed by atoms with van der Waals surface area (Å²) in [5.74, 6) is 0. The molecule has 0 heterocycles. The molecule has 0 amide bonds. The molecule has 1 unspecified atom stereocenters. The quantitative estimate of drug-likeness (QED) is 0.266. The van der Waals surface area contributed by atoms with E-state index >= 15 is 0 Å². The number of nitrogens with zero attached hydrogens (tertiary/aromatic N) is 1. The summed E-state index contributed by atoms with van der Waals surface area (Å²) in [4.78, 5) is 0. The van der Waals surface area contributed by atoms with Gasteiger partial charge in [0.1, 0.15) is 0 Å². The van der Waals surface area contributed by atoms with Crippen LogP contribution in [-0.4, -0.2) is 24.8 Å². The summed E-state index contributed by atoms with van der Waals surface area (Å²) in [7, 11) is 3.50. The van der Waals surface area contributed by atoms with E-state index in [4.69, 9.17) is 0 Å². The zero-order valence-corrected chi connectivity index (χ0v) is 13.2. The lowest BCUT2D eigenvalue weighted by molar-refractivity contribution is -0.864. The van der Waals surface area contributed by atoms with Gasteiger partial charge in [0.05, 0.1) is 20.1 Å². The molecular formula is C16H35NO. The highest BCUT2D eigenvalue weighted by molar-refractivity contribution is 4.53. The molecule has 0 spiro atoms. The van der Waals surface area contributed by atoms with Crippen molar-refractivity contribution < 1.29 is 4.65 Å². The Morgan fingerprint density at radius 1 is 0.778 bits per heavy atom. The maximum Gasteiger partial charge on any atom is 0.0854 e. The van der Waals surface area contributed by atoms with E-state index in [9.17, 15) is 5.21 Å². The second-order valence-electron chi connectivity index (χ2n) is 6.25. The molecule has 0 radical (unpaired) electrons. The smallest absolute Gasteiger partial charge is 0.0854 e. The first-order valence-electron chi connectivity index (χ1n) is 8.03. The minimum Gasteiger partial charge on any atom is -0.633 e. The number of rotatable bonds is 12. The third-order valence-corrected chi connectivity index (χ3v) is 4.04. The average molecular weight is 257 g/mol. The monoisotopic (exact) mass is 257 g/mol. The van der Waals surface area contributed by atoms with Crippen molar-refractivity contribution in [2.45, 2.75) is 90.5 Å². The van der Waals surface area contributed by atoms with Crippen molar-refractivity contribution in [3.05, 3.63) is 5.21 Å². The first-order valence-corrected chi connectivity index (χ1v) is 8.03. The maximum atomic E-state index is 11.6. The second kappa shape index (κ2) is 10.8. The summed E-state index contributed by atoms with van der Waals surface area (Å²) in [6, 6.07) is 0.249. The number of unbranched alkanes of at least 4 members (excludes halogenated alkanes) is 9. The molecule has 0 aromatic heterocycles. The van der Waals surface area contributed by atoms with Gasteiger partial charge in [0.15, 0.2) is 0 Å². The number of hydrogen-bond acceptors (Lipinski definition) is 1. The van der Waals surface area contributed by atoms with E-state index in [2.05, 4.69) is 13.8 Å². The highest BCUT2D eigenvalue weighted by Gasteiger charge is 2.12. The minimum absolute atomic E-state index is 0.141. The summed E-state index contributed by atoms with van der Waals surface area (Å²) >= 11 is 0. The van der Waals surface area contributed by atoms with Gasteiger partial charge in [-0.05, 0) is 19.8 Å². The largest absolute Gasteiger partial charge is 0.633 e. The van der Waals surface area contributed by atoms with Crippen LogP contribution in [0.3, 0.4) is 0 Å². The van der Waals surface area contributed by atoms with E-state index in [0.717, 1.165) is 6.42 Å². The Bertz CT molecular complexity index is 174. The number of hydroxylamine groups is 3.